The standard InChI is InChI=1S/C19H20BrN/c20-16-8-5-15-12-17(9-6-14(15)11-16)21-19-10-7-13-3-1-2-4-18(13)19/h1-5,8,11,17,19,21H,6-7,9-10,12H2. The van der Waals surface area contributed by atoms with Crippen LogP contribution in [0, 0.1) is 0 Å². The Morgan fingerprint density at radius 1 is 0.905 bits per heavy atom. The van der Waals surface area contributed by atoms with Crippen molar-refractivity contribution in [3.63, 3.8) is 0 Å². The van der Waals surface area contributed by atoms with Crippen LogP contribution in [-0.4, -0.2) is 6.04 Å². The molecule has 0 aliphatic heterocycles. The van der Waals surface area contributed by atoms with Crippen LogP contribution in [0.5, 0.6) is 0 Å². The smallest absolute Gasteiger partial charge is 0.0328 e. The zero-order valence-electron chi connectivity index (χ0n) is 12.1. The van der Waals surface area contributed by atoms with Gasteiger partial charge in [0, 0.05) is 16.6 Å². The number of nitrogens with one attached hydrogen (secondary N) is 1. The van der Waals surface area contributed by atoms with E-state index in [9.17, 15) is 0 Å². The number of hydrogen-bond donors (Lipinski definition) is 1. The topological polar surface area (TPSA) is 12.0 Å². The fourth-order valence-electron chi connectivity index (χ4n) is 3.88. The summed E-state index contributed by atoms with van der Waals surface area (Å²) in [6.45, 7) is 0. The van der Waals surface area contributed by atoms with Crippen molar-refractivity contribution in [2.24, 2.45) is 0 Å². The van der Waals surface area contributed by atoms with Crippen LogP contribution in [0.1, 0.15) is 41.1 Å². The average Bonchev–Trinajstić information content (AvgIpc) is 2.91. The average molecular weight is 342 g/mol. The zero-order valence-corrected chi connectivity index (χ0v) is 13.7. The van der Waals surface area contributed by atoms with Crippen molar-refractivity contribution in [1.82, 2.24) is 5.32 Å². The summed E-state index contributed by atoms with van der Waals surface area (Å²) < 4.78 is 1.21. The van der Waals surface area contributed by atoms with Crippen LogP contribution < -0.4 is 5.32 Å². The minimum atomic E-state index is 0.559. The van der Waals surface area contributed by atoms with Gasteiger partial charge in [0.15, 0.2) is 0 Å². The molecule has 0 saturated heterocycles. The van der Waals surface area contributed by atoms with Crippen molar-refractivity contribution in [3.05, 3.63) is 69.2 Å². The Hall–Kier alpha value is -1.12. The maximum absolute atomic E-state index is 3.92. The summed E-state index contributed by atoms with van der Waals surface area (Å²) >= 11 is 3.58. The van der Waals surface area contributed by atoms with Crippen LogP contribution in [0.25, 0.3) is 0 Å². The third kappa shape index (κ3) is 2.67. The molecule has 2 aromatic rings. The molecule has 21 heavy (non-hydrogen) atoms. The van der Waals surface area contributed by atoms with Gasteiger partial charge in [-0.15, -0.1) is 0 Å². The predicted molar refractivity (Wildman–Crippen MR) is 90.6 cm³/mol. The van der Waals surface area contributed by atoms with Gasteiger partial charge in [-0.3, -0.25) is 0 Å². The molecule has 0 amide bonds. The molecule has 1 N–H and O–H groups in total. The van der Waals surface area contributed by atoms with Crippen LogP contribution in [-0.2, 0) is 19.3 Å². The van der Waals surface area contributed by atoms with Crippen LogP contribution in [0.4, 0.5) is 0 Å². The predicted octanol–water partition coefficient (Wildman–Crippen LogP) is 4.58. The van der Waals surface area contributed by atoms with E-state index in [-0.39, 0.29) is 0 Å². The van der Waals surface area contributed by atoms with E-state index in [0.29, 0.717) is 12.1 Å². The minimum Gasteiger partial charge on any atom is -0.307 e. The molecule has 0 spiro atoms. The summed E-state index contributed by atoms with van der Waals surface area (Å²) in [7, 11) is 0. The summed E-state index contributed by atoms with van der Waals surface area (Å²) in [6, 6.07) is 16.8. The number of aryl methyl sites for hydroxylation is 2. The number of halogens is 1. The first kappa shape index (κ1) is 13.5. The minimum absolute atomic E-state index is 0.559. The third-order valence-electron chi connectivity index (χ3n) is 4.97. The van der Waals surface area contributed by atoms with Crippen LogP contribution in [0.15, 0.2) is 46.9 Å². The van der Waals surface area contributed by atoms with Crippen molar-refractivity contribution in [2.75, 3.05) is 0 Å². The zero-order chi connectivity index (χ0) is 14.2. The molecule has 108 valence electrons. The first-order valence-electron chi connectivity index (χ1n) is 7.91. The lowest BCUT2D eigenvalue weighted by Crippen LogP contribution is -2.36. The van der Waals surface area contributed by atoms with E-state index in [2.05, 4.69) is 63.7 Å². The highest BCUT2D eigenvalue weighted by molar-refractivity contribution is 9.10. The van der Waals surface area contributed by atoms with E-state index in [1.807, 2.05) is 0 Å². The molecule has 2 aliphatic carbocycles. The first-order valence-corrected chi connectivity index (χ1v) is 8.70. The second kappa shape index (κ2) is 5.58. The Morgan fingerprint density at radius 2 is 1.76 bits per heavy atom. The van der Waals surface area contributed by atoms with Crippen molar-refractivity contribution in [3.8, 4) is 0 Å². The lowest BCUT2D eigenvalue weighted by atomic mass is 9.88. The maximum Gasteiger partial charge on any atom is 0.0328 e. The second-order valence-electron chi connectivity index (χ2n) is 6.31. The molecular weight excluding hydrogens is 322 g/mol. The molecule has 4 rings (SSSR count). The molecule has 0 fully saturated rings. The molecule has 0 radical (unpaired) electrons. The Morgan fingerprint density at radius 3 is 2.71 bits per heavy atom. The fourth-order valence-corrected chi connectivity index (χ4v) is 4.29. The highest BCUT2D eigenvalue weighted by Crippen LogP contribution is 2.33. The van der Waals surface area contributed by atoms with Gasteiger partial charge in [-0.05, 0) is 66.5 Å². The van der Waals surface area contributed by atoms with Crippen molar-refractivity contribution >= 4 is 15.9 Å². The third-order valence-corrected chi connectivity index (χ3v) is 5.46. The fraction of sp³-hybridized carbons (Fsp3) is 0.368. The van der Waals surface area contributed by atoms with Crippen molar-refractivity contribution in [2.45, 2.75) is 44.2 Å². The monoisotopic (exact) mass is 341 g/mol. The molecule has 1 nitrogen and oxygen atoms in total. The molecule has 0 heterocycles. The summed E-state index contributed by atoms with van der Waals surface area (Å²) in [5.41, 5.74) is 6.11. The van der Waals surface area contributed by atoms with Gasteiger partial charge < -0.3 is 5.32 Å². The molecule has 2 heteroatoms. The quantitative estimate of drug-likeness (QED) is 0.842. The molecule has 0 bridgehead atoms. The van der Waals surface area contributed by atoms with Crippen LogP contribution in [0.2, 0.25) is 0 Å². The van der Waals surface area contributed by atoms with E-state index in [1.165, 1.54) is 58.8 Å². The van der Waals surface area contributed by atoms with E-state index in [4.69, 9.17) is 0 Å². The molecule has 0 saturated carbocycles. The summed E-state index contributed by atoms with van der Waals surface area (Å²) in [5, 5.41) is 3.92. The molecule has 2 aromatic carbocycles. The van der Waals surface area contributed by atoms with Crippen molar-refractivity contribution in [1.29, 1.82) is 0 Å². The molecular formula is C19H20BrN. The summed E-state index contributed by atoms with van der Waals surface area (Å²) in [6.07, 6.45) is 6.09. The highest BCUT2D eigenvalue weighted by Gasteiger charge is 2.26. The molecule has 0 aromatic heterocycles. The Labute approximate surface area is 134 Å². The van der Waals surface area contributed by atoms with E-state index >= 15 is 0 Å². The molecule has 2 unspecified atom stereocenters. The number of fused-ring (bicyclic) bond motifs is 2. The van der Waals surface area contributed by atoms with Crippen LogP contribution in [0.3, 0.4) is 0 Å². The van der Waals surface area contributed by atoms with Gasteiger partial charge >= 0.3 is 0 Å². The van der Waals surface area contributed by atoms with Gasteiger partial charge in [-0.2, -0.15) is 0 Å². The SMILES string of the molecule is Brc1ccc2c(c1)CCC(NC1CCc3ccccc31)C2. The Kier molecular flexibility index (Phi) is 3.60. The maximum atomic E-state index is 3.92. The van der Waals surface area contributed by atoms with Gasteiger partial charge in [0.2, 0.25) is 0 Å². The molecule has 2 atom stereocenters. The lowest BCUT2D eigenvalue weighted by molar-refractivity contribution is 0.397. The van der Waals surface area contributed by atoms with E-state index in [1.54, 1.807) is 0 Å². The second-order valence-corrected chi connectivity index (χ2v) is 7.23. The van der Waals surface area contributed by atoms with Gasteiger partial charge in [-0.25, -0.2) is 0 Å². The number of hydrogen-bond acceptors (Lipinski definition) is 1. The van der Waals surface area contributed by atoms with Crippen LogP contribution >= 0.6 is 15.9 Å². The van der Waals surface area contributed by atoms with Crippen molar-refractivity contribution < 1.29 is 0 Å². The normalized spacial score (nSPS) is 23.7. The number of benzene rings is 2. The van der Waals surface area contributed by atoms with Gasteiger partial charge in [0.1, 0.15) is 0 Å². The summed E-state index contributed by atoms with van der Waals surface area (Å²) in [4.78, 5) is 0. The van der Waals surface area contributed by atoms with Gasteiger partial charge in [-0.1, -0.05) is 46.3 Å². The van der Waals surface area contributed by atoms with Gasteiger partial charge in [0.25, 0.3) is 0 Å². The highest BCUT2D eigenvalue weighted by atomic mass is 79.9. The lowest BCUT2D eigenvalue weighted by Gasteiger charge is -2.29. The van der Waals surface area contributed by atoms with Gasteiger partial charge in [0.05, 0.1) is 0 Å². The first-order chi connectivity index (χ1) is 10.3. The Balaban J connectivity index is 1.49. The number of rotatable bonds is 2. The summed E-state index contributed by atoms with van der Waals surface area (Å²) in [5.74, 6) is 0. The molecule has 2 aliphatic rings. The Bertz CT molecular complexity index is 664. The van der Waals surface area contributed by atoms with E-state index < -0.39 is 0 Å². The van der Waals surface area contributed by atoms with E-state index in [0.717, 1.165) is 0 Å². The largest absolute Gasteiger partial charge is 0.307 e.